The molecule has 0 unspecified atom stereocenters. The summed E-state index contributed by atoms with van der Waals surface area (Å²) in [5.74, 6) is -0.912. The van der Waals surface area contributed by atoms with Crippen molar-refractivity contribution in [3.8, 4) is 0 Å². The van der Waals surface area contributed by atoms with Crippen LogP contribution in [0.4, 0.5) is 0 Å². The van der Waals surface area contributed by atoms with Gasteiger partial charge in [0.05, 0.1) is 5.57 Å². The minimum Gasteiger partial charge on any atom is -0.483 e. The Morgan fingerprint density at radius 1 is 1.58 bits per heavy atom. The summed E-state index contributed by atoms with van der Waals surface area (Å²) >= 11 is 0. The number of carboxylic acid groups (broad SMARTS) is 2. The zero-order chi connectivity index (χ0) is 9.56. The van der Waals surface area contributed by atoms with Crippen molar-refractivity contribution in [1.29, 1.82) is 0 Å². The molecule has 12 heavy (non-hydrogen) atoms. The van der Waals surface area contributed by atoms with Gasteiger partial charge in [-0.2, -0.15) is 0 Å². The summed E-state index contributed by atoms with van der Waals surface area (Å²) in [6.07, 6.45) is 4.87. The Kier molecular flexibility index (Phi) is 4.15. The van der Waals surface area contributed by atoms with Crippen molar-refractivity contribution in [3.63, 3.8) is 0 Å². The lowest BCUT2D eigenvalue weighted by atomic mass is 10.2. The summed E-state index contributed by atoms with van der Waals surface area (Å²) in [6, 6.07) is 0. The van der Waals surface area contributed by atoms with Crippen molar-refractivity contribution < 1.29 is 19.8 Å². The van der Waals surface area contributed by atoms with Crippen LogP contribution in [0.15, 0.2) is 36.0 Å². The summed E-state index contributed by atoms with van der Waals surface area (Å²) in [7, 11) is 0. The van der Waals surface area contributed by atoms with Gasteiger partial charge in [-0.3, -0.25) is 4.79 Å². The Morgan fingerprint density at radius 2 is 2.08 bits per heavy atom. The van der Waals surface area contributed by atoms with Gasteiger partial charge in [-0.1, -0.05) is 18.7 Å². The van der Waals surface area contributed by atoms with Crippen LogP contribution in [-0.2, 0) is 9.59 Å². The monoisotopic (exact) mass is 168 g/mol. The molecule has 0 aromatic rings. The molecule has 1 rings (SSSR count). The molecule has 0 aromatic carbocycles. The third-order valence-electron chi connectivity index (χ3n) is 1.14. The van der Waals surface area contributed by atoms with E-state index in [1.807, 2.05) is 0 Å². The number of rotatable bonds is 1. The van der Waals surface area contributed by atoms with E-state index in [4.69, 9.17) is 15.0 Å². The van der Waals surface area contributed by atoms with Crippen molar-refractivity contribution in [2.45, 2.75) is 0 Å². The van der Waals surface area contributed by atoms with Crippen LogP contribution in [0.3, 0.4) is 0 Å². The number of aliphatic carboxylic acids is 1. The first-order valence-electron chi connectivity index (χ1n) is 3.02. The van der Waals surface area contributed by atoms with Gasteiger partial charge in [0.25, 0.3) is 6.47 Å². The zero-order valence-corrected chi connectivity index (χ0v) is 6.23. The highest BCUT2D eigenvalue weighted by Crippen LogP contribution is 2.15. The fraction of sp³-hybridized carbons (Fsp3) is 0. The van der Waals surface area contributed by atoms with Crippen molar-refractivity contribution in [1.82, 2.24) is 0 Å². The van der Waals surface area contributed by atoms with E-state index in [9.17, 15) is 4.79 Å². The van der Waals surface area contributed by atoms with E-state index in [0.29, 0.717) is 5.57 Å². The van der Waals surface area contributed by atoms with E-state index in [2.05, 4.69) is 6.58 Å². The van der Waals surface area contributed by atoms with Gasteiger partial charge in [0.2, 0.25) is 0 Å². The van der Waals surface area contributed by atoms with Crippen molar-refractivity contribution >= 4 is 12.4 Å². The SMILES string of the molecule is C=C1C=CC=C1C(=O)O.O=CO. The van der Waals surface area contributed by atoms with Crippen molar-refractivity contribution in [3.05, 3.63) is 36.0 Å². The molecule has 0 saturated heterocycles. The van der Waals surface area contributed by atoms with E-state index in [1.54, 1.807) is 12.2 Å². The topological polar surface area (TPSA) is 74.6 Å². The summed E-state index contributed by atoms with van der Waals surface area (Å²) in [5, 5.41) is 15.3. The first-order chi connectivity index (χ1) is 5.63. The van der Waals surface area contributed by atoms with Gasteiger partial charge >= 0.3 is 5.97 Å². The highest BCUT2D eigenvalue weighted by atomic mass is 16.4. The Bertz CT molecular complexity index is 260. The van der Waals surface area contributed by atoms with Crippen LogP contribution in [0.1, 0.15) is 0 Å². The largest absolute Gasteiger partial charge is 0.483 e. The Morgan fingerprint density at radius 3 is 2.25 bits per heavy atom. The number of hydrogen-bond donors (Lipinski definition) is 2. The van der Waals surface area contributed by atoms with Crippen molar-refractivity contribution in [2.24, 2.45) is 0 Å². The Balaban J connectivity index is 0.000000354. The molecule has 64 valence electrons. The lowest BCUT2D eigenvalue weighted by Crippen LogP contribution is -1.98. The molecule has 0 atom stereocenters. The minimum absolute atomic E-state index is 0.250. The lowest BCUT2D eigenvalue weighted by molar-refractivity contribution is -0.132. The second-order valence-electron chi connectivity index (χ2n) is 1.88. The molecule has 1 aliphatic carbocycles. The summed E-state index contributed by atoms with van der Waals surface area (Å²) in [5.41, 5.74) is 0.859. The second-order valence-corrected chi connectivity index (χ2v) is 1.88. The van der Waals surface area contributed by atoms with Crippen LogP contribution < -0.4 is 0 Å². The molecular weight excluding hydrogens is 160 g/mol. The molecule has 0 heterocycles. The molecular formula is C8H8O4. The molecule has 2 N–H and O–H groups in total. The maximum Gasteiger partial charge on any atom is 0.336 e. The van der Waals surface area contributed by atoms with Gasteiger partial charge < -0.3 is 10.2 Å². The molecule has 0 aliphatic heterocycles. The highest BCUT2D eigenvalue weighted by molar-refractivity contribution is 5.94. The normalized spacial score (nSPS) is 13.0. The standard InChI is InChI=1S/C7H6O2.CH2O2/c1-5-3-2-4-6(5)7(8)9;2-1-3/h2-4H,1H2,(H,8,9);1H,(H,2,3). The molecule has 0 aromatic heterocycles. The quantitative estimate of drug-likeness (QED) is 0.568. The predicted octanol–water partition coefficient (Wildman–Crippen LogP) is 0.824. The van der Waals surface area contributed by atoms with Crippen LogP contribution >= 0.6 is 0 Å². The number of allylic oxidation sites excluding steroid dienone is 3. The Hall–Kier alpha value is -1.84. The first-order valence-corrected chi connectivity index (χ1v) is 3.02. The fourth-order valence-electron chi connectivity index (χ4n) is 0.666. The predicted molar refractivity (Wildman–Crippen MR) is 42.7 cm³/mol. The lowest BCUT2D eigenvalue weighted by Gasteiger charge is -1.92. The number of carboxylic acids is 1. The van der Waals surface area contributed by atoms with Gasteiger partial charge in [0.1, 0.15) is 0 Å². The maximum atomic E-state index is 10.2. The molecule has 1 aliphatic rings. The van der Waals surface area contributed by atoms with Gasteiger partial charge in [0.15, 0.2) is 0 Å². The summed E-state index contributed by atoms with van der Waals surface area (Å²) in [6.45, 7) is 3.27. The van der Waals surface area contributed by atoms with Crippen molar-refractivity contribution in [2.75, 3.05) is 0 Å². The average molecular weight is 168 g/mol. The van der Waals surface area contributed by atoms with Crippen LogP contribution in [0.5, 0.6) is 0 Å². The smallest absolute Gasteiger partial charge is 0.336 e. The minimum atomic E-state index is -0.912. The Labute approximate surface area is 69.1 Å². The summed E-state index contributed by atoms with van der Waals surface area (Å²) < 4.78 is 0. The molecule has 0 saturated carbocycles. The van der Waals surface area contributed by atoms with Gasteiger partial charge in [-0.05, 0) is 11.6 Å². The first kappa shape index (κ1) is 10.2. The molecule has 0 bridgehead atoms. The molecule has 4 heteroatoms. The van der Waals surface area contributed by atoms with Gasteiger partial charge in [-0.25, -0.2) is 4.79 Å². The van der Waals surface area contributed by atoms with E-state index >= 15 is 0 Å². The van der Waals surface area contributed by atoms with Gasteiger partial charge in [-0.15, -0.1) is 0 Å². The molecule has 0 radical (unpaired) electrons. The average Bonchev–Trinajstić information content (AvgIpc) is 2.36. The third kappa shape index (κ3) is 2.83. The second kappa shape index (κ2) is 4.90. The number of carbonyl (C=O) groups is 2. The number of hydrogen-bond acceptors (Lipinski definition) is 2. The molecule has 0 amide bonds. The fourth-order valence-corrected chi connectivity index (χ4v) is 0.666. The molecule has 0 spiro atoms. The van der Waals surface area contributed by atoms with Crippen LogP contribution in [0.2, 0.25) is 0 Å². The highest BCUT2D eigenvalue weighted by Gasteiger charge is 2.10. The zero-order valence-electron chi connectivity index (χ0n) is 6.23. The van der Waals surface area contributed by atoms with Gasteiger partial charge in [0, 0.05) is 0 Å². The van der Waals surface area contributed by atoms with E-state index in [1.165, 1.54) is 6.08 Å². The van der Waals surface area contributed by atoms with E-state index < -0.39 is 5.97 Å². The van der Waals surface area contributed by atoms with E-state index in [-0.39, 0.29) is 12.0 Å². The molecule has 4 nitrogen and oxygen atoms in total. The maximum absolute atomic E-state index is 10.2. The van der Waals surface area contributed by atoms with Crippen LogP contribution in [0.25, 0.3) is 0 Å². The van der Waals surface area contributed by atoms with E-state index in [0.717, 1.165) is 0 Å². The third-order valence-corrected chi connectivity index (χ3v) is 1.14. The molecule has 0 fully saturated rings. The van der Waals surface area contributed by atoms with Crippen LogP contribution in [-0.4, -0.2) is 22.7 Å². The van der Waals surface area contributed by atoms with Crippen LogP contribution in [0, 0.1) is 0 Å². The summed E-state index contributed by atoms with van der Waals surface area (Å²) in [4.78, 5) is 18.6.